The van der Waals surface area contributed by atoms with Crippen LogP contribution in [0.5, 0.6) is 0 Å². The molecule has 0 amide bonds. The highest BCUT2D eigenvalue weighted by Crippen LogP contribution is 2.23. The molecule has 1 nitrogen and oxygen atoms in total. The predicted molar refractivity (Wildman–Crippen MR) is 43.6 cm³/mol. The van der Waals surface area contributed by atoms with Crippen LogP contribution in [-0.2, 0) is 0 Å². The number of hydrogen-bond acceptors (Lipinski definition) is 2. The second-order valence-corrected chi connectivity index (χ2v) is 4.52. The summed E-state index contributed by atoms with van der Waals surface area (Å²) in [5.41, 5.74) is 0. The molecule has 0 bridgehead atoms. The van der Waals surface area contributed by atoms with Crippen LogP contribution < -0.4 is 0 Å². The molecule has 54 valence electrons. The Kier molecular flexibility index (Phi) is 3.98. The van der Waals surface area contributed by atoms with Gasteiger partial charge in [0.25, 0.3) is 0 Å². The molecule has 0 unspecified atom stereocenters. The van der Waals surface area contributed by atoms with Gasteiger partial charge < -0.3 is 5.11 Å². The van der Waals surface area contributed by atoms with Crippen molar-refractivity contribution in [3.05, 3.63) is 11.5 Å². The Hall–Kier alpha value is 0.0500. The Morgan fingerprint density at radius 2 is 2.00 bits per heavy atom. The zero-order valence-corrected chi connectivity index (χ0v) is 7.03. The monoisotopic (exact) mass is 146 g/mol. The first kappa shape index (κ1) is 9.05. The molecule has 0 rings (SSSR count). The molecular formula is C7H14OS. The minimum Gasteiger partial charge on any atom is -0.392 e. The van der Waals surface area contributed by atoms with Crippen molar-refractivity contribution < 1.29 is 5.11 Å². The van der Waals surface area contributed by atoms with E-state index >= 15 is 0 Å². The number of aliphatic hydroxyl groups is 1. The van der Waals surface area contributed by atoms with Gasteiger partial charge in [0.2, 0.25) is 0 Å². The molecule has 0 fully saturated rings. The molecule has 0 saturated carbocycles. The van der Waals surface area contributed by atoms with Gasteiger partial charge in [-0.15, -0.1) is 11.8 Å². The maximum absolute atomic E-state index is 8.36. The summed E-state index contributed by atoms with van der Waals surface area (Å²) >= 11 is 1.72. The summed E-state index contributed by atoms with van der Waals surface area (Å²) in [4.78, 5) is 0. The molecule has 0 aromatic rings. The molecule has 0 heterocycles. The number of rotatable bonds is 2. The lowest BCUT2D eigenvalue weighted by molar-refractivity contribution is 0.343. The number of thioether (sulfide) groups is 1. The third-order valence-corrected chi connectivity index (χ3v) is 1.66. The molecule has 0 aliphatic heterocycles. The van der Waals surface area contributed by atoms with Crippen LogP contribution in [0.25, 0.3) is 0 Å². The fourth-order valence-corrected chi connectivity index (χ4v) is 0.886. The van der Waals surface area contributed by atoms with Crippen LogP contribution in [0, 0.1) is 0 Å². The Bertz CT molecular complexity index is 91.6. The SMILES string of the molecule is CC(C)(C)S/C=C/CO. The zero-order chi connectivity index (χ0) is 7.33. The lowest BCUT2D eigenvalue weighted by atomic mass is 10.3. The molecular weight excluding hydrogens is 132 g/mol. The van der Waals surface area contributed by atoms with E-state index in [4.69, 9.17) is 5.11 Å². The van der Waals surface area contributed by atoms with Gasteiger partial charge in [0, 0.05) is 4.75 Å². The summed E-state index contributed by atoms with van der Waals surface area (Å²) < 4.78 is 0.270. The smallest absolute Gasteiger partial charge is 0.0620 e. The first-order valence-corrected chi connectivity index (χ1v) is 3.88. The second kappa shape index (κ2) is 3.96. The summed E-state index contributed by atoms with van der Waals surface area (Å²) in [6.45, 7) is 6.56. The highest BCUT2D eigenvalue weighted by Gasteiger charge is 2.06. The van der Waals surface area contributed by atoms with Crippen LogP contribution in [0.2, 0.25) is 0 Å². The van der Waals surface area contributed by atoms with Gasteiger partial charge in [-0.3, -0.25) is 0 Å². The Morgan fingerprint density at radius 1 is 1.44 bits per heavy atom. The quantitative estimate of drug-likeness (QED) is 0.643. The van der Waals surface area contributed by atoms with E-state index in [0.717, 1.165) is 0 Å². The standard InChI is InChI=1S/C7H14OS/c1-7(2,3)9-6-4-5-8/h4,6,8H,5H2,1-3H3/b6-4+. The molecule has 0 aliphatic rings. The van der Waals surface area contributed by atoms with E-state index in [1.165, 1.54) is 0 Å². The molecule has 0 aromatic heterocycles. The molecule has 0 atom stereocenters. The van der Waals surface area contributed by atoms with Gasteiger partial charge in [-0.25, -0.2) is 0 Å². The van der Waals surface area contributed by atoms with Gasteiger partial charge in [-0.1, -0.05) is 26.8 Å². The summed E-state index contributed by atoms with van der Waals surface area (Å²) in [5.74, 6) is 0. The maximum Gasteiger partial charge on any atom is 0.0620 e. The van der Waals surface area contributed by atoms with E-state index in [1.54, 1.807) is 17.8 Å². The van der Waals surface area contributed by atoms with E-state index in [2.05, 4.69) is 20.8 Å². The number of aliphatic hydroxyl groups excluding tert-OH is 1. The van der Waals surface area contributed by atoms with E-state index in [0.29, 0.717) is 0 Å². The molecule has 0 aromatic carbocycles. The van der Waals surface area contributed by atoms with Gasteiger partial charge in [-0.2, -0.15) is 0 Å². The fourth-order valence-electron chi connectivity index (χ4n) is 0.295. The summed E-state index contributed by atoms with van der Waals surface area (Å²) in [6, 6.07) is 0. The Labute approximate surface area is 61.2 Å². The maximum atomic E-state index is 8.36. The van der Waals surface area contributed by atoms with Gasteiger partial charge >= 0.3 is 0 Å². The van der Waals surface area contributed by atoms with Gasteiger partial charge in [-0.05, 0) is 5.41 Å². The van der Waals surface area contributed by atoms with Crippen molar-refractivity contribution in [2.75, 3.05) is 6.61 Å². The van der Waals surface area contributed by atoms with E-state index < -0.39 is 0 Å². The van der Waals surface area contributed by atoms with E-state index in [1.807, 2.05) is 5.41 Å². The topological polar surface area (TPSA) is 20.2 Å². The predicted octanol–water partition coefficient (Wildman–Crippen LogP) is 2.02. The third-order valence-electron chi connectivity index (χ3n) is 0.623. The van der Waals surface area contributed by atoms with E-state index in [-0.39, 0.29) is 11.4 Å². The first-order valence-electron chi connectivity index (χ1n) is 3.00. The molecule has 0 radical (unpaired) electrons. The first-order chi connectivity index (χ1) is 4.06. The van der Waals surface area contributed by atoms with Crippen molar-refractivity contribution in [1.29, 1.82) is 0 Å². The normalized spacial score (nSPS) is 12.9. The van der Waals surface area contributed by atoms with Gasteiger partial charge in [0.15, 0.2) is 0 Å². The minimum absolute atomic E-state index is 0.142. The zero-order valence-electron chi connectivity index (χ0n) is 6.22. The second-order valence-electron chi connectivity index (χ2n) is 2.78. The minimum atomic E-state index is 0.142. The Balaban J connectivity index is 3.38. The van der Waals surface area contributed by atoms with Crippen LogP contribution in [-0.4, -0.2) is 16.5 Å². The average molecular weight is 146 g/mol. The largest absolute Gasteiger partial charge is 0.392 e. The third kappa shape index (κ3) is 8.05. The van der Waals surface area contributed by atoms with Crippen molar-refractivity contribution in [3.63, 3.8) is 0 Å². The van der Waals surface area contributed by atoms with Crippen molar-refractivity contribution in [2.45, 2.75) is 25.5 Å². The van der Waals surface area contributed by atoms with Crippen molar-refractivity contribution >= 4 is 11.8 Å². The average Bonchev–Trinajstić information content (AvgIpc) is 1.63. The van der Waals surface area contributed by atoms with Crippen LogP contribution in [0.15, 0.2) is 11.5 Å². The molecule has 0 aliphatic carbocycles. The molecule has 0 saturated heterocycles. The molecule has 0 spiro atoms. The number of hydrogen-bond donors (Lipinski definition) is 1. The Morgan fingerprint density at radius 3 is 2.33 bits per heavy atom. The highest BCUT2D eigenvalue weighted by molar-refractivity contribution is 8.03. The molecule has 1 N–H and O–H groups in total. The lowest BCUT2D eigenvalue weighted by Gasteiger charge is -2.13. The highest BCUT2D eigenvalue weighted by atomic mass is 32.2. The van der Waals surface area contributed by atoms with Gasteiger partial charge in [0.05, 0.1) is 6.61 Å². The van der Waals surface area contributed by atoms with Crippen LogP contribution in [0.4, 0.5) is 0 Å². The van der Waals surface area contributed by atoms with Crippen LogP contribution in [0.3, 0.4) is 0 Å². The van der Waals surface area contributed by atoms with Crippen LogP contribution in [0.1, 0.15) is 20.8 Å². The fraction of sp³-hybridized carbons (Fsp3) is 0.714. The summed E-state index contributed by atoms with van der Waals surface area (Å²) in [5, 5.41) is 10.3. The summed E-state index contributed by atoms with van der Waals surface area (Å²) in [6.07, 6.45) is 1.75. The lowest BCUT2D eigenvalue weighted by Crippen LogP contribution is -2.04. The summed E-state index contributed by atoms with van der Waals surface area (Å²) in [7, 11) is 0. The van der Waals surface area contributed by atoms with Crippen molar-refractivity contribution in [3.8, 4) is 0 Å². The molecule has 9 heavy (non-hydrogen) atoms. The van der Waals surface area contributed by atoms with Crippen molar-refractivity contribution in [1.82, 2.24) is 0 Å². The van der Waals surface area contributed by atoms with E-state index in [9.17, 15) is 0 Å². The van der Waals surface area contributed by atoms with Crippen molar-refractivity contribution in [2.24, 2.45) is 0 Å². The van der Waals surface area contributed by atoms with Gasteiger partial charge in [0.1, 0.15) is 0 Å². The molecule has 2 heteroatoms. The van der Waals surface area contributed by atoms with Crippen LogP contribution >= 0.6 is 11.8 Å².